The van der Waals surface area contributed by atoms with Crippen molar-refractivity contribution in [3.05, 3.63) is 158 Å². The van der Waals surface area contributed by atoms with Crippen LogP contribution in [0.15, 0.2) is 158 Å². The summed E-state index contributed by atoms with van der Waals surface area (Å²) in [7, 11) is 0. The van der Waals surface area contributed by atoms with E-state index in [1.807, 2.05) is 0 Å². The molecule has 0 aliphatic carbocycles. The van der Waals surface area contributed by atoms with Crippen molar-refractivity contribution in [2.75, 3.05) is 13.2 Å². The quantitative estimate of drug-likeness (QED) is 0.0261. The highest BCUT2D eigenvalue weighted by molar-refractivity contribution is 5.71. The van der Waals surface area contributed by atoms with Gasteiger partial charge in [-0.3, -0.25) is 14.4 Å². The summed E-state index contributed by atoms with van der Waals surface area (Å²) in [6, 6.07) is 0. The van der Waals surface area contributed by atoms with Crippen LogP contribution in [0.5, 0.6) is 0 Å². The summed E-state index contributed by atoms with van der Waals surface area (Å²) in [5.41, 5.74) is 0. The van der Waals surface area contributed by atoms with Crippen LogP contribution < -0.4 is 0 Å². The van der Waals surface area contributed by atoms with Crippen molar-refractivity contribution in [1.82, 2.24) is 0 Å². The fourth-order valence-electron chi connectivity index (χ4n) is 8.97. The lowest BCUT2D eigenvalue weighted by molar-refractivity contribution is -0.167. The van der Waals surface area contributed by atoms with Gasteiger partial charge in [-0.2, -0.15) is 0 Å². The second-order valence-corrected chi connectivity index (χ2v) is 22.0. The van der Waals surface area contributed by atoms with Crippen LogP contribution in [0.3, 0.4) is 0 Å². The van der Waals surface area contributed by atoms with Crippen molar-refractivity contribution >= 4 is 17.9 Å². The summed E-state index contributed by atoms with van der Waals surface area (Å²) in [5, 5.41) is 0. The van der Waals surface area contributed by atoms with Gasteiger partial charge in [-0.05, 0) is 148 Å². The molecule has 0 fully saturated rings. The van der Waals surface area contributed by atoms with E-state index in [1.165, 1.54) is 77.0 Å². The van der Waals surface area contributed by atoms with Crippen LogP contribution in [-0.4, -0.2) is 37.2 Å². The lowest BCUT2D eigenvalue weighted by atomic mass is 10.1. The fraction of sp³-hybridized carbons (Fsp3) is 0.623. The first-order valence-electron chi connectivity index (χ1n) is 34.0. The summed E-state index contributed by atoms with van der Waals surface area (Å²) >= 11 is 0. The Hall–Kier alpha value is -4.97. The van der Waals surface area contributed by atoms with Crippen LogP contribution in [0.4, 0.5) is 0 Å². The molecule has 0 aromatic rings. The maximum atomic E-state index is 12.9. The van der Waals surface area contributed by atoms with E-state index in [1.54, 1.807) is 0 Å². The molecule has 0 amide bonds. The first-order chi connectivity index (χ1) is 41.0. The van der Waals surface area contributed by atoms with Gasteiger partial charge in [0.05, 0.1) is 0 Å². The summed E-state index contributed by atoms with van der Waals surface area (Å²) in [6.45, 7) is 6.38. The molecule has 0 aromatic heterocycles. The average molecular weight is 1150 g/mol. The number of rotatable bonds is 60. The molecule has 0 aliphatic rings. The monoisotopic (exact) mass is 1140 g/mol. The molecule has 0 spiro atoms. The normalized spacial score (nSPS) is 13.1. The molecule has 0 N–H and O–H groups in total. The largest absolute Gasteiger partial charge is 0.462 e. The third-order valence-corrected chi connectivity index (χ3v) is 14.0. The minimum Gasteiger partial charge on any atom is -0.462 e. The molecule has 0 aromatic carbocycles. The zero-order valence-electron chi connectivity index (χ0n) is 53.7. The van der Waals surface area contributed by atoms with Gasteiger partial charge in [0.2, 0.25) is 0 Å². The maximum absolute atomic E-state index is 12.9. The molecule has 0 saturated heterocycles. The molecule has 468 valence electrons. The molecule has 0 aliphatic heterocycles. The predicted molar refractivity (Wildman–Crippen MR) is 362 cm³/mol. The number of esters is 3. The summed E-state index contributed by atoms with van der Waals surface area (Å²) in [4.78, 5) is 38.3. The number of hydrogen-bond acceptors (Lipinski definition) is 6. The number of carbonyl (C=O) groups is 3. The van der Waals surface area contributed by atoms with E-state index in [9.17, 15) is 14.4 Å². The van der Waals surface area contributed by atoms with Crippen molar-refractivity contribution in [2.24, 2.45) is 0 Å². The number of unbranched alkanes of at least 4 members (excludes halogenated alkanes) is 23. The molecular weight excluding hydrogens is 1020 g/mol. The Morgan fingerprint density at radius 1 is 0.253 bits per heavy atom. The van der Waals surface area contributed by atoms with E-state index in [2.05, 4.69) is 179 Å². The van der Waals surface area contributed by atoms with Crippen molar-refractivity contribution < 1.29 is 28.6 Å². The number of ether oxygens (including phenoxy) is 3. The fourth-order valence-corrected chi connectivity index (χ4v) is 8.97. The molecule has 6 heteroatoms. The summed E-state index contributed by atoms with van der Waals surface area (Å²) in [5.74, 6) is -0.933. The Labute approximate surface area is 511 Å². The predicted octanol–water partition coefficient (Wildman–Crippen LogP) is 23.7. The van der Waals surface area contributed by atoms with Crippen LogP contribution in [0, 0.1) is 0 Å². The lowest BCUT2D eigenvalue weighted by Crippen LogP contribution is -2.30. The van der Waals surface area contributed by atoms with E-state index in [0.717, 1.165) is 173 Å². The molecule has 0 radical (unpaired) electrons. The molecule has 1 unspecified atom stereocenters. The topological polar surface area (TPSA) is 78.9 Å². The summed E-state index contributed by atoms with van der Waals surface area (Å²) < 4.78 is 16.9. The van der Waals surface area contributed by atoms with Gasteiger partial charge in [-0.25, -0.2) is 0 Å². The standard InChI is InChI=1S/C77H124O6/c1-4-7-10-13-16-19-22-25-28-29-30-31-32-33-34-35-36-37-38-39-40-41-42-43-44-45-46-47-50-52-55-58-61-64-67-70-76(79)82-73-74(83-77(80)71-68-65-62-59-56-53-49-27-24-21-18-15-12-9-6-3)72-81-75(78)69-66-63-60-57-54-51-48-26-23-20-17-14-11-8-5-2/h7,9-10,12,16,18-19,21,25-28,30-31,33-34,36-37,39-40,42-43,45-46,48-49,74H,4-6,8,11,13-15,17,20,22-24,29,32,35,38,41,44,47,50-73H2,1-3H3/b10-7-,12-9-,19-16-,21-18-,28-25-,31-30-,34-33-,37-36-,40-39-,43-42-,46-45-,48-26-,49-27-. The minimum absolute atomic E-state index is 0.0971. The van der Waals surface area contributed by atoms with E-state index < -0.39 is 6.10 Å². The Morgan fingerprint density at radius 3 is 0.747 bits per heavy atom. The van der Waals surface area contributed by atoms with Crippen LogP contribution in [-0.2, 0) is 28.6 Å². The first kappa shape index (κ1) is 78.0. The maximum Gasteiger partial charge on any atom is 0.306 e. The van der Waals surface area contributed by atoms with Crippen molar-refractivity contribution in [1.29, 1.82) is 0 Å². The molecule has 0 rings (SSSR count). The van der Waals surface area contributed by atoms with Gasteiger partial charge < -0.3 is 14.2 Å². The Kier molecular flexibility index (Phi) is 65.4. The Bertz CT molecular complexity index is 1840. The van der Waals surface area contributed by atoms with Crippen LogP contribution >= 0.6 is 0 Å². The zero-order chi connectivity index (χ0) is 59.9. The molecule has 0 bridgehead atoms. The van der Waals surface area contributed by atoms with E-state index in [0.29, 0.717) is 19.3 Å². The van der Waals surface area contributed by atoms with E-state index in [4.69, 9.17) is 14.2 Å². The smallest absolute Gasteiger partial charge is 0.306 e. The second-order valence-electron chi connectivity index (χ2n) is 22.0. The van der Waals surface area contributed by atoms with Gasteiger partial charge in [-0.15, -0.1) is 0 Å². The third-order valence-electron chi connectivity index (χ3n) is 14.0. The Balaban J connectivity index is 4.32. The lowest BCUT2D eigenvalue weighted by Gasteiger charge is -2.18. The van der Waals surface area contributed by atoms with E-state index >= 15 is 0 Å². The summed E-state index contributed by atoms with van der Waals surface area (Å²) in [6.07, 6.45) is 101. The highest BCUT2D eigenvalue weighted by Crippen LogP contribution is 2.15. The SMILES string of the molecule is CC/C=C\C/C=C\C/C=C\C/C=C\C/C=C\C/C=C\C/C=C\C/C=C\C/C=C\CCCCCCCCCC(=O)OCC(COC(=O)CCCCCCC/C=C\CCCCCCCC)OC(=O)CCCCCCC/C=C\C/C=C\C/C=C\CC. The van der Waals surface area contributed by atoms with Crippen LogP contribution in [0.25, 0.3) is 0 Å². The van der Waals surface area contributed by atoms with Gasteiger partial charge in [0.15, 0.2) is 6.10 Å². The van der Waals surface area contributed by atoms with Crippen LogP contribution in [0.1, 0.15) is 290 Å². The number of hydrogen-bond donors (Lipinski definition) is 0. The molecule has 0 heterocycles. The van der Waals surface area contributed by atoms with E-state index in [-0.39, 0.29) is 31.1 Å². The second kappa shape index (κ2) is 69.5. The zero-order valence-corrected chi connectivity index (χ0v) is 53.7. The van der Waals surface area contributed by atoms with Gasteiger partial charge >= 0.3 is 17.9 Å². The van der Waals surface area contributed by atoms with Crippen LogP contribution in [0.2, 0.25) is 0 Å². The number of allylic oxidation sites excluding steroid dienone is 26. The van der Waals surface area contributed by atoms with Crippen molar-refractivity contribution in [2.45, 2.75) is 297 Å². The molecular formula is C77H124O6. The third kappa shape index (κ3) is 67.7. The highest BCUT2D eigenvalue weighted by atomic mass is 16.6. The molecule has 0 saturated carbocycles. The average Bonchev–Trinajstić information content (AvgIpc) is 3.49. The molecule has 1 atom stereocenters. The minimum atomic E-state index is -0.803. The molecule has 83 heavy (non-hydrogen) atoms. The molecule has 6 nitrogen and oxygen atoms in total. The Morgan fingerprint density at radius 2 is 0.470 bits per heavy atom. The van der Waals surface area contributed by atoms with Crippen molar-refractivity contribution in [3.8, 4) is 0 Å². The highest BCUT2D eigenvalue weighted by Gasteiger charge is 2.19. The van der Waals surface area contributed by atoms with Gasteiger partial charge in [0.1, 0.15) is 13.2 Å². The van der Waals surface area contributed by atoms with Gasteiger partial charge in [0, 0.05) is 19.3 Å². The number of carbonyl (C=O) groups excluding carboxylic acids is 3. The van der Waals surface area contributed by atoms with Gasteiger partial charge in [-0.1, -0.05) is 281 Å². The van der Waals surface area contributed by atoms with Crippen molar-refractivity contribution in [3.63, 3.8) is 0 Å². The van der Waals surface area contributed by atoms with Gasteiger partial charge in [0.25, 0.3) is 0 Å². The first-order valence-corrected chi connectivity index (χ1v) is 34.0.